The third-order valence-electron chi connectivity index (χ3n) is 3.67. The molecular weight excluding hydrogens is 392 g/mol. The zero-order valence-electron chi connectivity index (χ0n) is 12.3. The number of nitrogens with zero attached hydrogens (tertiary/aromatic N) is 1. The first-order valence-electron chi connectivity index (χ1n) is 6.92. The maximum atomic E-state index is 6.01. The molecule has 0 spiro atoms. The summed E-state index contributed by atoms with van der Waals surface area (Å²) in [4.78, 5) is 2.30. The molecule has 4 heteroatoms. The fourth-order valence-electron chi connectivity index (χ4n) is 2.43. The molecule has 0 fully saturated rings. The standard InChI is InChI=1S/C17H20Br2N2/c1-12-9-14(5-8-16(12)19)17(10-20)21(2)11-13-3-6-15(18)7-4-13/h3-9,17H,10-11,20H2,1-2H3. The van der Waals surface area contributed by atoms with E-state index >= 15 is 0 Å². The molecule has 2 aromatic carbocycles. The molecule has 2 rings (SSSR count). The Balaban J connectivity index is 2.15. The monoisotopic (exact) mass is 410 g/mol. The molecule has 0 saturated heterocycles. The van der Waals surface area contributed by atoms with Crippen LogP contribution in [0.4, 0.5) is 0 Å². The van der Waals surface area contributed by atoms with Crippen molar-refractivity contribution in [2.24, 2.45) is 5.73 Å². The predicted molar refractivity (Wildman–Crippen MR) is 96.3 cm³/mol. The molecule has 0 aromatic heterocycles. The summed E-state index contributed by atoms with van der Waals surface area (Å²) in [6.07, 6.45) is 0. The van der Waals surface area contributed by atoms with Crippen molar-refractivity contribution in [2.75, 3.05) is 13.6 Å². The lowest BCUT2D eigenvalue weighted by atomic mass is 10.0. The Morgan fingerprint density at radius 2 is 1.76 bits per heavy atom. The van der Waals surface area contributed by atoms with Crippen molar-refractivity contribution in [1.82, 2.24) is 4.90 Å². The molecule has 0 aliphatic rings. The molecule has 2 N–H and O–H groups in total. The maximum absolute atomic E-state index is 6.01. The van der Waals surface area contributed by atoms with Crippen LogP contribution < -0.4 is 5.73 Å². The van der Waals surface area contributed by atoms with Crippen LogP contribution in [0, 0.1) is 6.92 Å². The minimum absolute atomic E-state index is 0.223. The van der Waals surface area contributed by atoms with Crippen LogP contribution in [-0.2, 0) is 6.54 Å². The number of rotatable bonds is 5. The van der Waals surface area contributed by atoms with E-state index in [-0.39, 0.29) is 6.04 Å². The Morgan fingerprint density at radius 1 is 1.10 bits per heavy atom. The minimum atomic E-state index is 0.223. The number of nitrogens with two attached hydrogens (primary N) is 1. The van der Waals surface area contributed by atoms with E-state index in [1.54, 1.807) is 0 Å². The van der Waals surface area contributed by atoms with Crippen molar-refractivity contribution in [2.45, 2.75) is 19.5 Å². The molecule has 0 amide bonds. The van der Waals surface area contributed by atoms with E-state index in [0.29, 0.717) is 6.54 Å². The summed E-state index contributed by atoms with van der Waals surface area (Å²) in [5.74, 6) is 0. The first-order chi connectivity index (χ1) is 10.0. The summed E-state index contributed by atoms with van der Waals surface area (Å²) >= 11 is 7.02. The molecule has 0 saturated carbocycles. The second-order valence-corrected chi connectivity index (χ2v) is 7.07. The molecule has 0 aliphatic carbocycles. The smallest absolute Gasteiger partial charge is 0.0471 e. The van der Waals surface area contributed by atoms with Crippen LogP contribution in [0.2, 0.25) is 0 Å². The van der Waals surface area contributed by atoms with E-state index < -0.39 is 0 Å². The van der Waals surface area contributed by atoms with Crippen molar-refractivity contribution in [3.05, 3.63) is 68.1 Å². The Kier molecular flexibility index (Phi) is 5.99. The van der Waals surface area contributed by atoms with Gasteiger partial charge >= 0.3 is 0 Å². The van der Waals surface area contributed by atoms with E-state index in [4.69, 9.17) is 5.73 Å². The summed E-state index contributed by atoms with van der Waals surface area (Å²) in [5.41, 5.74) is 9.80. The number of benzene rings is 2. The second-order valence-electron chi connectivity index (χ2n) is 5.30. The average Bonchev–Trinajstić information content (AvgIpc) is 2.46. The van der Waals surface area contributed by atoms with E-state index in [0.717, 1.165) is 15.5 Å². The van der Waals surface area contributed by atoms with Crippen molar-refractivity contribution in [1.29, 1.82) is 0 Å². The van der Waals surface area contributed by atoms with Gasteiger partial charge in [-0.15, -0.1) is 0 Å². The first kappa shape index (κ1) is 16.7. The Labute approximate surface area is 143 Å². The van der Waals surface area contributed by atoms with Crippen molar-refractivity contribution in [3.63, 3.8) is 0 Å². The summed E-state index contributed by atoms with van der Waals surface area (Å²) in [6.45, 7) is 3.59. The van der Waals surface area contributed by atoms with Gasteiger partial charge in [-0.3, -0.25) is 4.90 Å². The van der Waals surface area contributed by atoms with Gasteiger partial charge in [0, 0.05) is 28.1 Å². The van der Waals surface area contributed by atoms with Crippen LogP contribution >= 0.6 is 31.9 Å². The van der Waals surface area contributed by atoms with E-state index in [1.165, 1.54) is 16.7 Å². The molecule has 21 heavy (non-hydrogen) atoms. The number of likely N-dealkylation sites (N-methyl/N-ethyl adjacent to an activating group) is 1. The van der Waals surface area contributed by atoms with Crippen LogP contribution in [0.15, 0.2) is 51.4 Å². The summed E-state index contributed by atoms with van der Waals surface area (Å²) in [6, 6.07) is 15.1. The molecule has 1 atom stereocenters. The lowest BCUT2D eigenvalue weighted by Gasteiger charge is -2.28. The number of aryl methyl sites for hydroxylation is 1. The fourth-order valence-corrected chi connectivity index (χ4v) is 2.94. The molecule has 1 unspecified atom stereocenters. The molecule has 0 radical (unpaired) electrons. The molecule has 2 aromatic rings. The normalized spacial score (nSPS) is 12.7. The predicted octanol–water partition coefficient (Wildman–Crippen LogP) is 4.65. The van der Waals surface area contributed by atoms with Gasteiger partial charge in [0.05, 0.1) is 0 Å². The third kappa shape index (κ3) is 4.39. The van der Waals surface area contributed by atoms with E-state index in [2.05, 4.69) is 93.2 Å². The van der Waals surface area contributed by atoms with Gasteiger partial charge in [-0.1, -0.05) is 56.1 Å². The van der Waals surface area contributed by atoms with Crippen LogP contribution in [0.25, 0.3) is 0 Å². The Hall–Kier alpha value is -0.680. The van der Waals surface area contributed by atoms with E-state index in [1.807, 2.05) is 0 Å². The lowest BCUT2D eigenvalue weighted by molar-refractivity contribution is 0.241. The minimum Gasteiger partial charge on any atom is -0.329 e. The van der Waals surface area contributed by atoms with Crippen molar-refractivity contribution < 1.29 is 0 Å². The molecular formula is C17H20Br2N2. The molecule has 112 valence electrons. The second kappa shape index (κ2) is 7.54. The SMILES string of the molecule is Cc1cc(C(CN)N(C)Cc2ccc(Br)cc2)ccc1Br. The van der Waals surface area contributed by atoms with Crippen LogP contribution in [0.5, 0.6) is 0 Å². The lowest BCUT2D eigenvalue weighted by Crippen LogP contribution is -2.30. The van der Waals surface area contributed by atoms with E-state index in [9.17, 15) is 0 Å². The summed E-state index contributed by atoms with van der Waals surface area (Å²) in [7, 11) is 2.12. The highest BCUT2D eigenvalue weighted by molar-refractivity contribution is 9.10. The van der Waals surface area contributed by atoms with Gasteiger partial charge < -0.3 is 5.73 Å². The quantitative estimate of drug-likeness (QED) is 0.775. The Bertz CT molecular complexity index is 596. The highest BCUT2D eigenvalue weighted by Gasteiger charge is 2.16. The van der Waals surface area contributed by atoms with Gasteiger partial charge in [-0.25, -0.2) is 0 Å². The van der Waals surface area contributed by atoms with Crippen molar-refractivity contribution >= 4 is 31.9 Å². The number of hydrogen-bond acceptors (Lipinski definition) is 2. The number of halogens is 2. The van der Waals surface area contributed by atoms with Crippen LogP contribution in [0.1, 0.15) is 22.7 Å². The van der Waals surface area contributed by atoms with Crippen LogP contribution in [0.3, 0.4) is 0 Å². The van der Waals surface area contributed by atoms with Gasteiger partial charge in [-0.2, -0.15) is 0 Å². The van der Waals surface area contributed by atoms with Crippen LogP contribution in [-0.4, -0.2) is 18.5 Å². The molecule has 0 bridgehead atoms. The highest BCUT2D eigenvalue weighted by Crippen LogP contribution is 2.25. The molecule has 0 heterocycles. The topological polar surface area (TPSA) is 29.3 Å². The number of hydrogen-bond donors (Lipinski definition) is 1. The van der Waals surface area contributed by atoms with Gasteiger partial charge in [0.15, 0.2) is 0 Å². The zero-order chi connectivity index (χ0) is 15.4. The van der Waals surface area contributed by atoms with Gasteiger partial charge in [0.25, 0.3) is 0 Å². The Morgan fingerprint density at radius 3 is 2.33 bits per heavy atom. The molecule has 2 nitrogen and oxygen atoms in total. The average molecular weight is 412 g/mol. The maximum Gasteiger partial charge on any atom is 0.0471 e. The third-order valence-corrected chi connectivity index (χ3v) is 5.09. The fraction of sp³-hybridized carbons (Fsp3) is 0.294. The summed E-state index contributed by atoms with van der Waals surface area (Å²) in [5, 5.41) is 0. The van der Waals surface area contributed by atoms with Gasteiger partial charge in [-0.05, 0) is 48.9 Å². The highest BCUT2D eigenvalue weighted by atomic mass is 79.9. The van der Waals surface area contributed by atoms with Gasteiger partial charge in [0.1, 0.15) is 0 Å². The molecule has 0 aliphatic heterocycles. The largest absolute Gasteiger partial charge is 0.329 e. The first-order valence-corrected chi connectivity index (χ1v) is 8.50. The zero-order valence-corrected chi connectivity index (χ0v) is 15.5. The van der Waals surface area contributed by atoms with Crippen molar-refractivity contribution in [3.8, 4) is 0 Å². The van der Waals surface area contributed by atoms with Gasteiger partial charge in [0.2, 0.25) is 0 Å². The summed E-state index contributed by atoms with van der Waals surface area (Å²) < 4.78 is 2.24.